The lowest BCUT2D eigenvalue weighted by atomic mass is 9.94. The Bertz CT molecular complexity index is 2170. The summed E-state index contributed by atoms with van der Waals surface area (Å²) in [5.41, 5.74) is 7.49. The molecule has 0 aliphatic carbocycles. The van der Waals surface area contributed by atoms with Crippen molar-refractivity contribution in [3.05, 3.63) is 126 Å². The summed E-state index contributed by atoms with van der Waals surface area (Å²) in [6.45, 7) is 0. The molecule has 0 atom stereocenters. The summed E-state index contributed by atoms with van der Waals surface area (Å²) in [6.07, 6.45) is 0. The molecule has 5 heteroatoms. The highest BCUT2D eigenvalue weighted by Crippen LogP contribution is 2.40. The molecule has 0 fully saturated rings. The Morgan fingerprint density at radius 2 is 1.05 bits per heavy atom. The zero-order chi connectivity index (χ0) is 27.1. The molecule has 0 aliphatic heterocycles. The van der Waals surface area contributed by atoms with Crippen molar-refractivity contribution in [3.8, 4) is 45.9 Å². The third-order valence-corrected chi connectivity index (χ3v) is 7.12. The standard InChI is InChI=1S/C35H19N5/c36-20-24-15-7-8-16-26(24)34-28-19-25(21-37)33-35(30(28)27-17-9-10-18-29(27)38-34)40-32(23-13-5-2-6-14-23)31(39-33)22-11-3-1-4-12-22/h1-19H. The van der Waals surface area contributed by atoms with Crippen molar-refractivity contribution in [2.24, 2.45) is 0 Å². The van der Waals surface area contributed by atoms with E-state index < -0.39 is 0 Å². The van der Waals surface area contributed by atoms with Crippen LogP contribution < -0.4 is 0 Å². The molecule has 40 heavy (non-hydrogen) atoms. The van der Waals surface area contributed by atoms with Crippen molar-refractivity contribution < 1.29 is 0 Å². The molecule has 5 nitrogen and oxygen atoms in total. The van der Waals surface area contributed by atoms with Crippen LogP contribution in [0.2, 0.25) is 0 Å². The van der Waals surface area contributed by atoms with E-state index in [1.807, 2.05) is 109 Å². The lowest BCUT2D eigenvalue weighted by molar-refractivity contribution is 1.29. The van der Waals surface area contributed by atoms with Gasteiger partial charge in [0.2, 0.25) is 0 Å². The number of hydrogen-bond donors (Lipinski definition) is 0. The van der Waals surface area contributed by atoms with Gasteiger partial charge in [-0.05, 0) is 18.2 Å². The molecule has 2 heterocycles. The molecule has 0 saturated heterocycles. The minimum Gasteiger partial charge on any atom is -0.247 e. The average Bonchev–Trinajstić information content (AvgIpc) is 3.04. The molecule has 2 aromatic heterocycles. The number of benzene rings is 5. The molecule has 5 aromatic carbocycles. The van der Waals surface area contributed by atoms with Gasteiger partial charge < -0.3 is 0 Å². The van der Waals surface area contributed by atoms with Gasteiger partial charge in [-0.2, -0.15) is 10.5 Å². The monoisotopic (exact) mass is 509 g/mol. The Morgan fingerprint density at radius 1 is 0.475 bits per heavy atom. The second kappa shape index (κ2) is 9.44. The predicted molar refractivity (Wildman–Crippen MR) is 158 cm³/mol. The predicted octanol–water partition coefficient (Wildman–Crippen LogP) is 8.08. The number of rotatable bonds is 3. The number of aromatic nitrogens is 3. The Kier molecular flexibility index (Phi) is 5.48. The molecule has 7 rings (SSSR count). The Morgan fingerprint density at radius 3 is 1.73 bits per heavy atom. The summed E-state index contributed by atoms with van der Waals surface area (Å²) >= 11 is 0. The second-order valence-electron chi connectivity index (χ2n) is 9.44. The van der Waals surface area contributed by atoms with E-state index in [4.69, 9.17) is 15.0 Å². The number of fused-ring (bicyclic) bond motifs is 5. The van der Waals surface area contributed by atoms with Gasteiger partial charge in [0, 0.05) is 32.8 Å². The fourth-order valence-electron chi connectivity index (χ4n) is 5.30. The van der Waals surface area contributed by atoms with Crippen molar-refractivity contribution in [3.63, 3.8) is 0 Å². The molecule has 0 saturated carbocycles. The first-order chi connectivity index (χ1) is 19.8. The molecular weight excluding hydrogens is 490 g/mol. The van der Waals surface area contributed by atoms with Gasteiger partial charge in [-0.25, -0.2) is 15.0 Å². The molecule has 0 aliphatic rings. The number of hydrogen-bond acceptors (Lipinski definition) is 5. The summed E-state index contributed by atoms with van der Waals surface area (Å²) in [7, 11) is 0. The van der Waals surface area contributed by atoms with Crippen molar-refractivity contribution >= 4 is 32.7 Å². The van der Waals surface area contributed by atoms with Crippen LogP contribution in [-0.4, -0.2) is 15.0 Å². The number of para-hydroxylation sites is 1. The van der Waals surface area contributed by atoms with Gasteiger partial charge in [-0.1, -0.05) is 97.1 Å². The first-order valence-electron chi connectivity index (χ1n) is 12.8. The van der Waals surface area contributed by atoms with Crippen LogP contribution in [-0.2, 0) is 0 Å². The van der Waals surface area contributed by atoms with E-state index in [0.29, 0.717) is 39.1 Å². The molecule has 0 amide bonds. The quantitative estimate of drug-likeness (QED) is 0.225. The van der Waals surface area contributed by atoms with Gasteiger partial charge in [0.05, 0.1) is 45.3 Å². The van der Waals surface area contributed by atoms with Gasteiger partial charge in [0.15, 0.2) is 0 Å². The minimum absolute atomic E-state index is 0.402. The van der Waals surface area contributed by atoms with Crippen molar-refractivity contribution in [2.45, 2.75) is 0 Å². The summed E-state index contributed by atoms with van der Waals surface area (Å²) in [6, 6.07) is 41.7. The van der Waals surface area contributed by atoms with E-state index in [1.54, 1.807) is 6.07 Å². The minimum atomic E-state index is 0.402. The molecule has 7 aromatic rings. The topological polar surface area (TPSA) is 86.2 Å². The first kappa shape index (κ1) is 23.2. The Labute approximate surface area is 230 Å². The smallest absolute Gasteiger partial charge is 0.108 e. The molecular formula is C35H19N5. The van der Waals surface area contributed by atoms with E-state index in [-0.39, 0.29) is 0 Å². The zero-order valence-corrected chi connectivity index (χ0v) is 21.2. The lowest BCUT2D eigenvalue weighted by Gasteiger charge is -2.16. The average molecular weight is 510 g/mol. The lowest BCUT2D eigenvalue weighted by Crippen LogP contribution is -2.00. The van der Waals surface area contributed by atoms with Crippen LogP contribution in [0.1, 0.15) is 11.1 Å². The van der Waals surface area contributed by atoms with Crippen LogP contribution in [0.5, 0.6) is 0 Å². The zero-order valence-electron chi connectivity index (χ0n) is 21.2. The van der Waals surface area contributed by atoms with Gasteiger partial charge in [0.25, 0.3) is 0 Å². The van der Waals surface area contributed by atoms with E-state index in [0.717, 1.165) is 38.5 Å². The van der Waals surface area contributed by atoms with Crippen LogP contribution in [0.3, 0.4) is 0 Å². The first-order valence-corrected chi connectivity index (χ1v) is 12.8. The van der Waals surface area contributed by atoms with Gasteiger partial charge in [0.1, 0.15) is 11.6 Å². The third kappa shape index (κ3) is 3.66. The maximum atomic E-state index is 10.3. The number of nitriles is 2. The van der Waals surface area contributed by atoms with Gasteiger partial charge in [-0.15, -0.1) is 0 Å². The largest absolute Gasteiger partial charge is 0.247 e. The molecule has 184 valence electrons. The normalized spacial score (nSPS) is 10.9. The SMILES string of the molecule is N#Cc1ccccc1-c1nc2ccccc2c2c1cc(C#N)c1nc(-c3ccccc3)c(-c3ccccc3)nc12. The highest BCUT2D eigenvalue weighted by atomic mass is 14.8. The van der Waals surface area contributed by atoms with Crippen LogP contribution in [0, 0.1) is 22.7 Å². The maximum Gasteiger partial charge on any atom is 0.108 e. The van der Waals surface area contributed by atoms with Crippen molar-refractivity contribution in [1.29, 1.82) is 10.5 Å². The number of pyridine rings is 1. The Hall–Kier alpha value is -5.91. The van der Waals surface area contributed by atoms with E-state index >= 15 is 0 Å². The van der Waals surface area contributed by atoms with Crippen LogP contribution in [0.25, 0.3) is 66.5 Å². The molecule has 0 N–H and O–H groups in total. The second-order valence-corrected chi connectivity index (χ2v) is 9.44. The summed E-state index contributed by atoms with van der Waals surface area (Å²) in [5, 5.41) is 22.7. The van der Waals surface area contributed by atoms with E-state index in [9.17, 15) is 10.5 Å². The maximum absolute atomic E-state index is 10.3. The molecule has 0 unspecified atom stereocenters. The highest BCUT2D eigenvalue weighted by molar-refractivity contribution is 6.22. The molecule has 0 bridgehead atoms. The summed E-state index contributed by atoms with van der Waals surface area (Å²) < 4.78 is 0. The Balaban J connectivity index is 1.71. The molecule has 0 radical (unpaired) electrons. The summed E-state index contributed by atoms with van der Waals surface area (Å²) in [4.78, 5) is 15.4. The fourth-order valence-corrected chi connectivity index (χ4v) is 5.30. The fraction of sp³-hybridized carbons (Fsp3) is 0. The summed E-state index contributed by atoms with van der Waals surface area (Å²) in [5.74, 6) is 0. The van der Waals surface area contributed by atoms with Crippen molar-refractivity contribution in [1.82, 2.24) is 15.0 Å². The van der Waals surface area contributed by atoms with Crippen molar-refractivity contribution in [2.75, 3.05) is 0 Å². The highest BCUT2D eigenvalue weighted by Gasteiger charge is 2.21. The molecule has 0 spiro atoms. The number of nitrogens with zero attached hydrogens (tertiary/aromatic N) is 5. The van der Waals surface area contributed by atoms with Crippen LogP contribution in [0.15, 0.2) is 115 Å². The van der Waals surface area contributed by atoms with E-state index in [2.05, 4.69) is 12.1 Å². The van der Waals surface area contributed by atoms with E-state index in [1.165, 1.54) is 0 Å². The van der Waals surface area contributed by atoms with Gasteiger partial charge in [-0.3, -0.25) is 0 Å². The third-order valence-electron chi connectivity index (χ3n) is 7.12. The van der Waals surface area contributed by atoms with Gasteiger partial charge >= 0.3 is 0 Å². The van der Waals surface area contributed by atoms with Crippen LogP contribution >= 0.6 is 0 Å². The van der Waals surface area contributed by atoms with Crippen LogP contribution in [0.4, 0.5) is 0 Å².